The molecule has 0 spiro atoms. The lowest BCUT2D eigenvalue weighted by atomic mass is 9.82. The van der Waals surface area contributed by atoms with Crippen molar-refractivity contribution in [3.63, 3.8) is 0 Å². The van der Waals surface area contributed by atoms with Crippen molar-refractivity contribution in [3.8, 4) is 0 Å². The van der Waals surface area contributed by atoms with Crippen LogP contribution in [0.1, 0.15) is 56.6 Å². The van der Waals surface area contributed by atoms with Crippen LogP contribution in [0, 0.1) is 12.8 Å². The molecule has 1 nitrogen and oxygen atoms in total. The van der Waals surface area contributed by atoms with Gasteiger partial charge in [-0.1, -0.05) is 56.5 Å². The molecule has 0 amide bonds. The van der Waals surface area contributed by atoms with Gasteiger partial charge in [-0.15, -0.1) is 0 Å². The highest BCUT2D eigenvalue weighted by molar-refractivity contribution is 5.26. The average Bonchev–Trinajstić information content (AvgIpc) is 3.18. The highest BCUT2D eigenvalue weighted by Crippen LogP contribution is 2.31. The molecule has 1 atom stereocenters. The summed E-state index contributed by atoms with van der Waals surface area (Å²) in [6.07, 6.45) is 5.32. The van der Waals surface area contributed by atoms with E-state index in [0.29, 0.717) is 5.92 Å². The van der Waals surface area contributed by atoms with Gasteiger partial charge in [0.25, 0.3) is 0 Å². The van der Waals surface area contributed by atoms with Gasteiger partial charge in [-0.05, 0) is 37.2 Å². The van der Waals surface area contributed by atoms with Gasteiger partial charge >= 0.3 is 0 Å². The zero-order valence-electron chi connectivity index (χ0n) is 12.1. The zero-order valence-corrected chi connectivity index (χ0v) is 12.1. The highest BCUT2D eigenvalue weighted by atomic mass is 14.9. The van der Waals surface area contributed by atoms with E-state index in [-0.39, 0.29) is 0 Å². The van der Waals surface area contributed by atoms with Crippen LogP contribution >= 0.6 is 0 Å². The Morgan fingerprint density at radius 3 is 2.50 bits per heavy atom. The Kier molecular flexibility index (Phi) is 4.82. The third-order valence-corrected chi connectivity index (χ3v) is 4.29. The number of hydrogen-bond donors (Lipinski definition) is 1. The van der Waals surface area contributed by atoms with Crippen molar-refractivity contribution in [3.05, 3.63) is 35.4 Å². The van der Waals surface area contributed by atoms with Crippen molar-refractivity contribution in [2.45, 2.75) is 58.4 Å². The van der Waals surface area contributed by atoms with E-state index in [1.165, 1.54) is 36.8 Å². The Morgan fingerprint density at radius 1 is 1.22 bits per heavy atom. The van der Waals surface area contributed by atoms with Crippen molar-refractivity contribution in [1.82, 2.24) is 5.32 Å². The van der Waals surface area contributed by atoms with E-state index in [0.717, 1.165) is 18.5 Å². The van der Waals surface area contributed by atoms with E-state index in [1.807, 2.05) is 0 Å². The highest BCUT2D eigenvalue weighted by Gasteiger charge is 2.25. The van der Waals surface area contributed by atoms with Crippen LogP contribution in [0.2, 0.25) is 0 Å². The molecule has 0 radical (unpaired) electrons. The molecule has 1 unspecified atom stereocenters. The van der Waals surface area contributed by atoms with Crippen LogP contribution in [0.5, 0.6) is 0 Å². The summed E-state index contributed by atoms with van der Waals surface area (Å²) in [6.45, 7) is 8.00. The first-order chi connectivity index (χ1) is 8.74. The summed E-state index contributed by atoms with van der Waals surface area (Å²) in [5, 5.41) is 3.72. The second-order valence-corrected chi connectivity index (χ2v) is 5.78. The van der Waals surface area contributed by atoms with Crippen LogP contribution in [0.25, 0.3) is 0 Å². The van der Waals surface area contributed by atoms with E-state index in [4.69, 9.17) is 0 Å². The maximum atomic E-state index is 3.72. The maximum Gasteiger partial charge on any atom is 0.00684 e. The fourth-order valence-electron chi connectivity index (χ4n) is 2.90. The maximum absolute atomic E-state index is 3.72. The van der Waals surface area contributed by atoms with E-state index in [9.17, 15) is 0 Å². The molecule has 1 saturated carbocycles. The molecule has 0 heterocycles. The Balaban J connectivity index is 2.10. The lowest BCUT2D eigenvalue weighted by molar-refractivity contribution is 0.379. The van der Waals surface area contributed by atoms with Gasteiger partial charge in [0.1, 0.15) is 0 Å². The summed E-state index contributed by atoms with van der Waals surface area (Å²) in [5.74, 6) is 1.48. The molecule has 1 aromatic rings. The molecule has 1 aromatic carbocycles. The molecular weight excluding hydrogens is 218 g/mol. The first-order valence-electron chi connectivity index (χ1n) is 7.54. The van der Waals surface area contributed by atoms with Crippen molar-refractivity contribution in [2.24, 2.45) is 5.92 Å². The second kappa shape index (κ2) is 6.38. The van der Waals surface area contributed by atoms with Gasteiger partial charge < -0.3 is 5.32 Å². The SMILES string of the molecule is CCC(CC)C(CNC1CC1)c1cccc(C)c1. The third-order valence-electron chi connectivity index (χ3n) is 4.29. The normalized spacial score (nSPS) is 17.1. The largest absolute Gasteiger partial charge is 0.313 e. The number of benzene rings is 1. The Morgan fingerprint density at radius 2 is 1.94 bits per heavy atom. The molecular formula is C17H27N. The molecule has 2 rings (SSSR count). The van der Waals surface area contributed by atoms with Crippen LogP contribution in [-0.4, -0.2) is 12.6 Å². The molecule has 0 saturated heterocycles. The predicted molar refractivity (Wildman–Crippen MR) is 79.0 cm³/mol. The Labute approximate surface area is 112 Å². The monoisotopic (exact) mass is 245 g/mol. The van der Waals surface area contributed by atoms with E-state index in [1.54, 1.807) is 0 Å². The molecule has 1 N–H and O–H groups in total. The predicted octanol–water partition coefficient (Wildman–Crippen LogP) is 4.27. The fourth-order valence-corrected chi connectivity index (χ4v) is 2.90. The van der Waals surface area contributed by atoms with Gasteiger partial charge in [0.2, 0.25) is 0 Å². The molecule has 1 aliphatic rings. The zero-order chi connectivity index (χ0) is 13.0. The molecule has 0 aliphatic heterocycles. The van der Waals surface area contributed by atoms with Gasteiger partial charge in [0.05, 0.1) is 0 Å². The lowest BCUT2D eigenvalue weighted by Gasteiger charge is -2.26. The smallest absolute Gasteiger partial charge is 0.00684 e. The minimum Gasteiger partial charge on any atom is -0.313 e. The molecule has 1 aliphatic carbocycles. The molecule has 0 aromatic heterocycles. The number of nitrogens with one attached hydrogen (secondary N) is 1. The molecule has 100 valence electrons. The molecule has 18 heavy (non-hydrogen) atoms. The van der Waals surface area contributed by atoms with E-state index >= 15 is 0 Å². The minimum atomic E-state index is 0.681. The lowest BCUT2D eigenvalue weighted by Crippen LogP contribution is -2.28. The van der Waals surface area contributed by atoms with Gasteiger partial charge in [0.15, 0.2) is 0 Å². The average molecular weight is 245 g/mol. The van der Waals surface area contributed by atoms with Gasteiger partial charge in [-0.25, -0.2) is 0 Å². The summed E-state index contributed by atoms with van der Waals surface area (Å²) < 4.78 is 0. The van der Waals surface area contributed by atoms with Crippen LogP contribution in [0.3, 0.4) is 0 Å². The summed E-state index contributed by atoms with van der Waals surface area (Å²) in [7, 11) is 0. The minimum absolute atomic E-state index is 0.681. The van der Waals surface area contributed by atoms with Crippen LogP contribution in [0.15, 0.2) is 24.3 Å². The number of hydrogen-bond acceptors (Lipinski definition) is 1. The van der Waals surface area contributed by atoms with E-state index < -0.39 is 0 Å². The Hall–Kier alpha value is -0.820. The van der Waals surface area contributed by atoms with Crippen molar-refractivity contribution < 1.29 is 0 Å². The number of rotatable bonds is 7. The standard InChI is InChI=1S/C17H27N/c1-4-14(5-2)17(12-18-16-9-10-16)15-8-6-7-13(3)11-15/h6-8,11,14,16-18H,4-5,9-10,12H2,1-3H3. The second-order valence-electron chi connectivity index (χ2n) is 5.78. The van der Waals surface area contributed by atoms with Crippen molar-refractivity contribution in [1.29, 1.82) is 0 Å². The molecule has 1 fully saturated rings. The summed E-state index contributed by atoms with van der Waals surface area (Å²) in [5.41, 5.74) is 2.91. The summed E-state index contributed by atoms with van der Waals surface area (Å²) in [6, 6.07) is 9.90. The van der Waals surface area contributed by atoms with Crippen LogP contribution in [0.4, 0.5) is 0 Å². The van der Waals surface area contributed by atoms with Gasteiger partial charge in [0, 0.05) is 12.6 Å². The molecule has 1 heteroatoms. The number of aryl methyl sites for hydroxylation is 1. The topological polar surface area (TPSA) is 12.0 Å². The van der Waals surface area contributed by atoms with Gasteiger partial charge in [-0.3, -0.25) is 0 Å². The quantitative estimate of drug-likeness (QED) is 0.756. The summed E-state index contributed by atoms with van der Waals surface area (Å²) >= 11 is 0. The van der Waals surface area contributed by atoms with E-state index in [2.05, 4.69) is 50.4 Å². The Bertz CT molecular complexity index is 364. The first-order valence-corrected chi connectivity index (χ1v) is 7.54. The van der Waals surface area contributed by atoms with Crippen LogP contribution < -0.4 is 5.32 Å². The first kappa shape index (κ1) is 13.6. The van der Waals surface area contributed by atoms with Crippen LogP contribution in [-0.2, 0) is 0 Å². The van der Waals surface area contributed by atoms with Crippen molar-refractivity contribution in [2.75, 3.05) is 6.54 Å². The van der Waals surface area contributed by atoms with Gasteiger partial charge in [-0.2, -0.15) is 0 Å². The fraction of sp³-hybridized carbons (Fsp3) is 0.647. The molecule has 0 bridgehead atoms. The summed E-state index contributed by atoms with van der Waals surface area (Å²) in [4.78, 5) is 0. The third kappa shape index (κ3) is 3.58. The van der Waals surface area contributed by atoms with Crippen molar-refractivity contribution >= 4 is 0 Å².